The minimum absolute atomic E-state index is 0.595. The van der Waals surface area contributed by atoms with E-state index >= 15 is 0 Å². The molecule has 0 spiro atoms. The molecule has 1 unspecified atom stereocenters. The molecule has 2 aromatic carbocycles. The molecule has 0 fully saturated rings. The van der Waals surface area contributed by atoms with E-state index in [9.17, 15) is 5.11 Å². The van der Waals surface area contributed by atoms with Gasteiger partial charge >= 0.3 is 0 Å². The molecule has 0 saturated heterocycles. The predicted molar refractivity (Wildman–Crippen MR) is 85.4 cm³/mol. The van der Waals surface area contributed by atoms with Crippen molar-refractivity contribution in [2.75, 3.05) is 0 Å². The van der Waals surface area contributed by atoms with Crippen molar-refractivity contribution in [3.05, 3.63) is 69.2 Å². The second-order valence-electron chi connectivity index (χ2n) is 5.15. The van der Waals surface area contributed by atoms with Gasteiger partial charge in [0.15, 0.2) is 0 Å². The standard InChI is InChI=1S/C18H21ClO/c1-4-13-6-7-16(11-14(13)5-2)18(20)15-8-9-17(19)12(3)10-15/h6-11,18,20H,4-5H2,1-3H3. The number of aryl methyl sites for hydroxylation is 3. The molecule has 0 aliphatic heterocycles. The summed E-state index contributed by atoms with van der Waals surface area (Å²) in [6.07, 6.45) is 1.42. The van der Waals surface area contributed by atoms with E-state index in [0.717, 1.165) is 34.6 Å². The van der Waals surface area contributed by atoms with E-state index in [1.165, 1.54) is 11.1 Å². The first-order valence-electron chi connectivity index (χ1n) is 7.12. The zero-order valence-electron chi connectivity index (χ0n) is 12.3. The monoisotopic (exact) mass is 288 g/mol. The molecule has 2 aromatic rings. The number of hydrogen-bond acceptors (Lipinski definition) is 1. The Balaban J connectivity index is 2.37. The Kier molecular flexibility index (Phi) is 4.85. The maximum atomic E-state index is 10.5. The second kappa shape index (κ2) is 6.43. The Labute approximate surface area is 126 Å². The largest absolute Gasteiger partial charge is 0.384 e. The van der Waals surface area contributed by atoms with Crippen LogP contribution in [0.4, 0.5) is 0 Å². The maximum Gasteiger partial charge on any atom is 0.104 e. The highest BCUT2D eigenvalue weighted by Crippen LogP contribution is 2.27. The fourth-order valence-corrected chi connectivity index (χ4v) is 2.64. The van der Waals surface area contributed by atoms with Crippen molar-refractivity contribution in [2.24, 2.45) is 0 Å². The van der Waals surface area contributed by atoms with Crippen molar-refractivity contribution in [1.29, 1.82) is 0 Å². The highest BCUT2D eigenvalue weighted by molar-refractivity contribution is 6.31. The SMILES string of the molecule is CCc1ccc(C(O)c2ccc(Cl)c(C)c2)cc1CC. The first-order valence-corrected chi connectivity index (χ1v) is 7.50. The summed E-state index contributed by atoms with van der Waals surface area (Å²) in [5, 5.41) is 11.3. The summed E-state index contributed by atoms with van der Waals surface area (Å²) in [6.45, 7) is 6.26. The predicted octanol–water partition coefficient (Wildman–Crippen LogP) is 4.85. The van der Waals surface area contributed by atoms with Gasteiger partial charge in [0.1, 0.15) is 6.10 Å². The lowest BCUT2D eigenvalue weighted by molar-refractivity contribution is 0.220. The first kappa shape index (κ1) is 15.1. The number of aliphatic hydroxyl groups excluding tert-OH is 1. The molecule has 2 rings (SSSR count). The lowest BCUT2D eigenvalue weighted by atomic mass is 9.94. The van der Waals surface area contributed by atoms with Gasteiger partial charge in [0.2, 0.25) is 0 Å². The Morgan fingerprint density at radius 2 is 1.55 bits per heavy atom. The van der Waals surface area contributed by atoms with Crippen molar-refractivity contribution >= 4 is 11.6 Å². The third-order valence-electron chi connectivity index (χ3n) is 3.81. The van der Waals surface area contributed by atoms with Gasteiger partial charge in [-0.3, -0.25) is 0 Å². The zero-order valence-corrected chi connectivity index (χ0v) is 13.0. The Bertz CT molecular complexity index is 604. The van der Waals surface area contributed by atoms with Crippen LogP contribution in [0.1, 0.15) is 47.8 Å². The Morgan fingerprint density at radius 3 is 2.15 bits per heavy atom. The van der Waals surface area contributed by atoms with Crippen molar-refractivity contribution in [3.8, 4) is 0 Å². The van der Waals surface area contributed by atoms with E-state index in [1.54, 1.807) is 0 Å². The van der Waals surface area contributed by atoms with Crippen LogP contribution in [0, 0.1) is 6.92 Å². The van der Waals surface area contributed by atoms with Crippen LogP contribution in [0.15, 0.2) is 36.4 Å². The minimum Gasteiger partial charge on any atom is -0.384 e. The van der Waals surface area contributed by atoms with Gasteiger partial charge in [0.25, 0.3) is 0 Å². The van der Waals surface area contributed by atoms with E-state index in [2.05, 4.69) is 26.0 Å². The molecule has 0 aromatic heterocycles. The highest BCUT2D eigenvalue weighted by Gasteiger charge is 2.13. The van der Waals surface area contributed by atoms with Gasteiger partial charge in [-0.05, 0) is 53.6 Å². The number of aliphatic hydroxyl groups is 1. The summed E-state index contributed by atoms with van der Waals surface area (Å²) >= 11 is 6.04. The summed E-state index contributed by atoms with van der Waals surface area (Å²) in [7, 11) is 0. The van der Waals surface area contributed by atoms with Gasteiger partial charge in [-0.15, -0.1) is 0 Å². The molecule has 20 heavy (non-hydrogen) atoms. The fourth-order valence-electron chi connectivity index (χ4n) is 2.52. The Hall–Kier alpha value is -1.31. The van der Waals surface area contributed by atoms with E-state index < -0.39 is 6.10 Å². The molecule has 0 aliphatic carbocycles. The minimum atomic E-state index is -0.595. The van der Waals surface area contributed by atoms with E-state index in [1.807, 2.05) is 31.2 Å². The molecule has 0 heterocycles. The van der Waals surface area contributed by atoms with Crippen LogP contribution in [0.2, 0.25) is 5.02 Å². The first-order chi connectivity index (χ1) is 9.56. The van der Waals surface area contributed by atoms with E-state index in [-0.39, 0.29) is 0 Å². The normalized spacial score (nSPS) is 12.4. The summed E-state index contributed by atoms with van der Waals surface area (Å²) in [5.74, 6) is 0. The quantitative estimate of drug-likeness (QED) is 0.852. The van der Waals surface area contributed by atoms with Crippen LogP contribution < -0.4 is 0 Å². The van der Waals surface area contributed by atoms with Gasteiger partial charge in [0, 0.05) is 5.02 Å². The third-order valence-corrected chi connectivity index (χ3v) is 4.23. The van der Waals surface area contributed by atoms with Crippen molar-refractivity contribution in [3.63, 3.8) is 0 Å². The average Bonchev–Trinajstić information content (AvgIpc) is 2.48. The molecular weight excluding hydrogens is 268 g/mol. The molecule has 1 nitrogen and oxygen atoms in total. The van der Waals surface area contributed by atoms with Crippen molar-refractivity contribution in [2.45, 2.75) is 39.7 Å². The van der Waals surface area contributed by atoms with Crippen LogP contribution in [0.5, 0.6) is 0 Å². The summed E-state index contributed by atoms with van der Waals surface area (Å²) in [6, 6.07) is 11.9. The lowest BCUT2D eigenvalue weighted by Crippen LogP contribution is -2.02. The molecule has 0 radical (unpaired) electrons. The molecule has 0 amide bonds. The van der Waals surface area contributed by atoms with Crippen LogP contribution in [0.3, 0.4) is 0 Å². The average molecular weight is 289 g/mol. The molecule has 1 atom stereocenters. The third kappa shape index (κ3) is 3.05. The topological polar surface area (TPSA) is 20.2 Å². The molecule has 0 aliphatic rings. The zero-order chi connectivity index (χ0) is 14.7. The van der Waals surface area contributed by atoms with Gasteiger partial charge in [-0.2, -0.15) is 0 Å². The number of halogens is 1. The van der Waals surface area contributed by atoms with Crippen LogP contribution >= 0.6 is 11.6 Å². The summed E-state index contributed by atoms with van der Waals surface area (Å²) in [4.78, 5) is 0. The van der Waals surface area contributed by atoms with Crippen LogP contribution in [0.25, 0.3) is 0 Å². The van der Waals surface area contributed by atoms with Gasteiger partial charge in [-0.1, -0.05) is 55.8 Å². The Morgan fingerprint density at radius 1 is 0.950 bits per heavy atom. The molecule has 0 saturated carbocycles. The summed E-state index contributed by atoms with van der Waals surface area (Å²) < 4.78 is 0. The maximum absolute atomic E-state index is 10.5. The molecule has 0 bridgehead atoms. The van der Waals surface area contributed by atoms with Crippen LogP contribution in [-0.4, -0.2) is 5.11 Å². The van der Waals surface area contributed by atoms with Crippen molar-refractivity contribution < 1.29 is 5.11 Å². The number of rotatable bonds is 4. The lowest BCUT2D eigenvalue weighted by Gasteiger charge is -2.15. The van der Waals surface area contributed by atoms with Gasteiger partial charge in [0.05, 0.1) is 0 Å². The van der Waals surface area contributed by atoms with Crippen LogP contribution in [-0.2, 0) is 12.8 Å². The molecule has 106 valence electrons. The molecule has 1 N–H and O–H groups in total. The second-order valence-corrected chi connectivity index (χ2v) is 5.55. The fraction of sp³-hybridized carbons (Fsp3) is 0.333. The number of benzene rings is 2. The summed E-state index contributed by atoms with van der Waals surface area (Å²) in [5.41, 5.74) is 5.49. The number of hydrogen-bond donors (Lipinski definition) is 1. The highest BCUT2D eigenvalue weighted by atomic mass is 35.5. The van der Waals surface area contributed by atoms with E-state index in [0.29, 0.717) is 0 Å². The van der Waals surface area contributed by atoms with E-state index in [4.69, 9.17) is 11.6 Å². The smallest absolute Gasteiger partial charge is 0.104 e. The van der Waals surface area contributed by atoms with Crippen molar-refractivity contribution in [1.82, 2.24) is 0 Å². The molecule has 2 heteroatoms. The van der Waals surface area contributed by atoms with Gasteiger partial charge in [-0.25, -0.2) is 0 Å². The molecular formula is C18H21ClO. The van der Waals surface area contributed by atoms with Gasteiger partial charge < -0.3 is 5.11 Å².